The zero-order valence-electron chi connectivity index (χ0n) is 17.7. The van der Waals surface area contributed by atoms with E-state index in [2.05, 4.69) is 81.9 Å². The van der Waals surface area contributed by atoms with Gasteiger partial charge < -0.3 is 4.74 Å². The molecule has 30 heavy (non-hydrogen) atoms. The zero-order chi connectivity index (χ0) is 21.5. The normalized spacial score (nSPS) is 15.2. The highest BCUT2D eigenvalue weighted by molar-refractivity contribution is 9.10. The van der Waals surface area contributed by atoms with Gasteiger partial charge in [-0.3, -0.25) is 10.1 Å². The van der Waals surface area contributed by atoms with Gasteiger partial charge >= 0.3 is 5.97 Å². The van der Waals surface area contributed by atoms with Crippen molar-refractivity contribution in [1.29, 1.82) is 0 Å². The minimum Gasteiger partial charge on any atom is -0.459 e. The molecule has 0 amide bonds. The van der Waals surface area contributed by atoms with Gasteiger partial charge in [-0.25, -0.2) is 0 Å². The maximum absolute atomic E-state index is 12.9. The maximum atomic E-state index is 12.9. The van der Waals surface area contributed by atoms with Crippen LogP contribution < -0.4 is 5.32 Å². The minimum absolute atomic E-state index is 0.263. The first kappa shape index (κ1) is 20.8. The molecule has 0 bridgehead atoms. The molecule has 4 rings (SSSR count). The van der Waals surface area contributed by atoms with Crippen molar-refractivity contribution in [2.75, 3.05) is 0 Å². The molecule has 1 atom stereocenters. The number of nitrogens with one attached hydrogen (secondary N) is 1. The largest absolute Gasteiger partial charge is 0.459 e. The van der Waals surface area contributed by atoms with E-state index in [1.165, 1.54) is 11.1 Å². The van der Waals surface area contributed by atoms with Crippen molar-refractivity contribution < 1.29 is 9.53 Å². The average Bonchev–Trinajstić information content (AvgIpc) is 2.99. The third kappa shape index (κ3) is 3.59. The fraction of sp³-hybridized carbons (Fsp3) is 0.269. The van der Waals surface area contributed by atoms with Gasteiger partial charge in [-0.2, -0.15) is 0 Å². The third-order valence-corrected chi connectivity index (χ3v) is 5.95. The van der Waals surface area contributed by atoms with Crippen LogP contribution in [0.25, 0.3) is 11.1 Å². The number of esters is 1. The summed E-state index contributed by atoms with van der Waals surface area (Å²) in [5, 5.41) is 3.67. The van der Waals surface area contributed by atoms with Gasteiger partial charge in [0.2, 0.25) is 0 Å². The fourth-order valence-corrected chi connectivity index (χ4v) is 4.52. The molecule has 0 fully saturated rings. The Morgan fingerprint density at radius 3 is 1.90 bits per heavy atom. The van der Waals surface area contributed by atoms with Crippen molar-refractivity contribution in [3.05, 3.63) is 94.0 Å². The fourth-order valence-electron chi connectivity index (χ4n) is 4.26. The number of fused-ring (bicyclic) bond motifs is 3. The van der Waals surface area contributed by atoms with Crippen LogP contribution in [0.2, 0.25) is 0 Å². The lowest BCUT2D eigenvalue weighted by molar-refractivity contribution is -0.157. The molecule has 0 unspecified atom stereocenters. The van der Waals surface area contributed by atoms with Crippen LogP contribution in [0, 0.1) is 0 Å². The monoisotopic (exact) mass is 463 g/mol. The summed E-state index contributed by atoms with van der Waals surface area (Å²) in [4.78, 5) is 12.9. The third-order valence-electron chi connectivity index (χ3n) is 5.42. The van der Waals surface area contributed by atoms with E-state index in [1.54, 1.807) is 0 Å². The van der Waals surface area contributed by atoms with Gasteiger partial charge in [0.05, 0.1) is 5.54 Å². The summed E-state index contributed by atoms with van der Waals surface area (Å²) in [5.74, 6) is -0.263. The van der Waals surface area contributed by atoms with Crippen molar-refractivity contribution in [3.8, 4) is 11.1 Å². The zero-order valence-corrected chi connectivity index (χ0v) is 19.3. The summed E-state index contributed by atoms with van der Waals surface area (Å²) >= 11 is 3.55. The summed E-state index contributed by atoms with van der Waals surface area (Å²) in [6.07, 6.45) is 0. The van der Waals surface area contributed by atoms with Crippen LogP contribution in [0.1, 0.15) is 44.4 Å². The van der Waals surface area contributed by atoms with Gasteiger partial charge in [-0.05, 0) is 67.6 Å². The Hall–Kier alpha value is -2.43. The molecule has 0 aromatic heterocycles. The van der Waals surface area contributed by atoms with E-state index < -0.39 is 17.2 Å². The lowest BCUT2D eigenvalue weighted by Gasteiger charge is -2.37. The van der Waals surface area contributed by atoms with E-state index in [9.17, 15) is 4.79 Å². The van der Waals surface area contributed by atoms with Crippen LogP contribution in [0.5, 0.6) is 0 Å². The number of hydrogen-bond donors (Lipinski definition) is 1. The topological polar surface area (TPSA) is 38.3 Å². The van der Waals surface area contributed by atoms with Crippen molar-refractivity contribution in [1.82, 2.24) is 5.32 Å². The number of hydrogen-bond acceptors (Lipinski definition) is 3. The highest BCUT2D eigenvalue weighted by atomic mass is 79.9. The van der Waals surface area contributed by atoms with Gasteiger partial charge in [0.1, 0.15) is 11.6 Å². The van der Waals surface area contributed by atoms with E-state index in [1.807, 2.05) is 39.8 Å². The Labute approximate surface area is 186 Å². The van der Waals surface area contributed by atoms with Gasteiger partial charge in [0, 0.05) is 4.47 Å². The predicted octanol–water partition coefficient (Wildman–Crippen LogP) is 6.04. The molecule has 0 spiro atoms. The molecule has 154 valence electrons. The summed E-state index contributed by atoms with van der Waals surface area (Å²) in [6.45, 7) is 7.55. The van der Waals surface area contributed by atoms with Gasteiger partial charge in [-0.1, -0.05) is 76.6 Å². The van der Waals surface area contributed by atoms with Gasteiger partial charge in [0.15, 0.2) is 0 Å². The van der Waals surface area contributed by atoms with Crippen LogP contribution in [-0.4, -0.2) is 17.6 Å². The van der Waals surface area contributed by atoms with Crippen LogP contribution in [-0.2, 0) is 15.1 Å². The van der Waals surface area contributed by atoms with Gasteiger partial charge in [0.25, 0.3) is 0 Å². The van der Waals surface area contributed by atoms with Crippen molar-refractivity contribution in [3.63, 3.8) is 0 Å². The second-order valence-electron chi connectivity index (χ2n) is 8.75. The second-order valence-corrected chi connectivity index (χ2v) is 9.66. The molecular weight excluding hydrogens is 438 g/mol. The summed E-state index contributed by atoms with van der Waals surface area (Å²) in [7, 11) is 0. The highest BCUT2D eigenvalue weighted by Gasteiger charge is 2.46. The molecule has 4 heteroatoms. The van der Waals surface area contributed by atoms with E-state index in [-0.39, 0.29) is 5.97 Å². The first-order valence-electron chi connectivity index (χ1n) is 10.2. The molecular formula is C26H26BrNO2. The summed E-state index contributed by atoms with van der Waals surface area (Å²) < 4.78 is 6.69. The van der Waals surface area contributed by atoms with E-state index >= 15 is 0 Å². The molecule has 0 saturated heterocycles. The first-order valence-corrected chi connectivity index (χ1v) is 11.0. The Balaban J connectivity index is 1.90. The van der Waals surface area contributed by atoms with Crippen molar-refractivity contribution in [2.24, 2.45) is 0 Å². The SMILES string of the molecule is C[C@H](NC1(c2ccc(Br)cc2)c2ccccc2-c2ccccc21)C(=O)OC(C)(C)C. The van der Waals surface area contributed by atoms with Crippen LogP contribution in [0.4, 0.5) is 0 Å². The van der Waals surface area contributed by atoms with Crippen LogP contribution in [0.3, 0.4) is 0 Å². The molecule has 1 aliphatic carbocycles. The number of benzene rings is 3. The van der Waals surface area contributed by atoms with Crippen molar-refractivity contribution in [2.45, 2.75) is 44.9 Å². The highest BCUT2D eigenvalue weighted by Crippen LogP contribution is 2.51. The minimum atomic E-state index is -0.649. The van der Waals surface area contributed by atoms with Gasteiger partial charge in [-0.15, -0.1) is 0 Å². The first-order chi connectivity index (χ1) is 14.2. The molecule has 1 N–H and O–H groups in total. The van der Waals surface area contributed by atoms with E-state index in [0.717, 1.165) is 21.2 Å². The molecule has 0 saturated carbocycles. The Kier molecular flexibility index (Phi) is 5.33. The molecule has 0 radical (unpaired) electrons. The van der Waals surface area contributed by atoms with E-state index in [0.29, 0.717) is 0 Å². The smallest absolute Gasteiger partial charge is 0.323 e. The van der Waals surface area contributed by atoms with E-state index in [4.69, 9.17) is 4.74 Å². The quantitative estimate of drug-likeness (QED) is 0.479. The standard InChI is InChI=1S/C26H26BrNO2/c1-17(24(29)30-25(2,3)4)28-26(18-13-15-19(27)16-14-18)22-11-7-5-9-20(22)21-10-6-8-12-23(21)26/h5-17,28H,1-4H3/t17-/m0/s1. The Morgan fingerprint density at radius 2 is 1.40 bits per heavy atom. The molecule has 0 aliphatic heterocycles. The van der Waals surface area contributed by atoms with Crippen molar-refractivity contribution >= 4 is 21.9 Å². The molecule has 3 aromatic rings. The molecule has 1 aliphatic rings. The molecule has 3 aromatic carbocycles. The summed E-state index contributed by atoms with van der Waals surface area (Å²) in [5.41, 5.74) is 4.54. The van der Waals surface area contributed by atoms with Crippen LogP contribution in [0.15, 0.2) is 77.3 Å². The maximum Gasteiger partial charge on any atom is 0.323 e. The molecule has 0 heterocycles. The number of rotatable bonds is 4. The Bertz CT molecular complexity index is 1040. The number of carbonyl (C=O) groups is 1. The second kappa shape index (κ2) is 7.68. The number of halogens is 1. The molecule has 3 nitrogen and oxygen atoms in total. The number of carbonyl (C=O) groups excluding carboxylic acids is 1. The van der Waals surface area contributed by atoms with Crippen LogP contribution >= 0.6 is 15.9 Å². The lowest BCUT2D eigenvalue weighted by Crippen LogP contribution is -2.51. The average molecular weight is 464 g/mol. The summed E-state index contributed by atoms with van der Waals surface area (Å²) in [6, 6.07) is 24.6. The predicted molar refractivity (Wildman–Crippen MR) is 124 cm³/mol. The lowest BCUT2D eigenvalue weighted by atomic mass is 9.80. The number of ether oxygens (including phenoxy) is 1. The Morgan fingerprint density at radius 1 is 0.900 bits per heavy atom.